The van der Waals surface area contributed by atoms with E-state index in [1.165, 1.54) is 54.7 Å². The SMILES string of the molecule is CC(=O)N[C@H]1[C@H]([C@H](O)[C@H](O)CNC(=O)c2ccc(Oc3ccccc3)cc2)O[C@]([C-]=O)(OCCCSCCNC(=O)c2ccc(C(=O)CCCSCCCO[C@]3(C(=O)[O-])C[C@H](O)[C@@H](NC(C)=O)[C@H]([C@H](O)[C@H](O)CNC(=O)c4ccc(Oc5ccccc5)cc4)O3)cc2)C[C@@H]1O.[Na+].[Na+].[OH-]. The number of rotatable bonds is 37. The van der Waals surface area contributed by atoms with Gasteiger partial charge < -0.3 is 106 Å². The van der Waals surface area contributed by atoms with E-state index < -0.39 is 128 Å². The third-order valence-electron chi connectivity index (χ3n) is 15.2. The van der Waals surface area contributed by atoms with E-state index in [0.29, 0.717) is 70.0 Å². The molecular formula is C67H80N5Na2O22S2-. The predicted octanol–water partition coefficient (Wildman–Crippen LogP) is -4.06. The smallest absolute Gasteiger partial charge is 0.870 e. The van der Waals surface area contributed by atoms with E-state index in [0.717, 1.165) is 6.92 Å². The van der Waals surface area contributed by atoms with Crippen LogP contribution in [0.3, 0.4) is 0 Å². The molecule has 520 valence electrons. The van der Waals surface area contributed by atoms with Gasteiger partial charge in [-0.15, -0.1) is 0 Å². The zero-order chi connectivity index (χ0) is 68.5. The molecule has 27 nitrogen and oxygen atoms in total. The van der Waals surface area contributed by atoms with Crippen LogP contribution in [0.2, 0.25) is 0 Å². The van der Waals surface area contributed by atoms with Crippen LogP contribution in [0.5, 0.6) is 23.0 Å². The topological polar surface area (TPSA) is 427 Å². The Hall–Kier alpha value is -5.88. The molecule has 31 heteroatoms. The fourth-order valence-corrected chi connectivity index (χ4v) is 11.9. The number of hydrogen-bond acceptors (Lipinski definition) is 24. The van der Waals surface area contributed by atoms with Gasteiger partial charge in [-0.1, -0.05) is 48.5 Å². The molecule has 2 saturated heterocycles. The van der Waals surface area contributed by atoms with Gasteiger partial charge in [-0.3, -0.25) is 28.8 Å². The minimum Gasteiger partial charge on any atom is -0.870 e. The second-order valence-corrected chi connectivity index (χ2v) is 24.9. The summed E-state index contributed by atoms with van der Waals surface area (Å²) in [6.07, 6.45) is -11.9. The van der Waals surface area contributed by atoms with E-state index in [4.69, 9.17) is 28.4 Å². The van der Waals surface area contributed by atoms with E-state index in [-0.39, 0.29) is 120 Å². The summed E-state index contributed by atoms with van der Waals surface area (Å²) >= 11 is 2.94. The summed E-state index contributed by atoms with van der Waals surface area (Å²) in [4.78, 5) is 101. The first-order valence-corrected chi connectivity index (χ1v) is 33.1. The Morgan fingerprint density at radius 2 is 0.949 bits per heavy atom. The molecule has 0 radical (unpaired) electrons. The maximum absolute atomic E-state index is 13.0. The number of carboxylic acid groups (broad SMARTS) is 1. The average Bonchev–Trinajstić information content (AvgIpc) is 0.778. The summed E-state index contributed by atoms with van der Waals surface area (Å²) in [6, 6.07) is 33.9. The zero-order valence-corrected chi connectivity index (χ0v) is 60.3. The number of aliphatic hydroxyl groups excluding tert-OH is 6. The van der Waals surface area contributed by atoms with E-state index in [1.54, 1.807) is 91.2 Å². The largest absolute Gasteiger partial charge is 1.00 e. The number of ketones is 1. The number of para-hydroxylation sites is 2. The second-order valence-electron chi connectivity index (χ2n) is 22.5. The van der Waals surface area contributed by atoms with Crippen molar-refractivity contribution in [1.82, 2.24) is 26.6 Å². The van der Waals surface area contributed by atoms with Crippen LogP contribution >= 0.6 is 23.5 Å². The van der Waals surface area contributed by atoms with Crippen molar-refractivity contribution in [3.8, 4) is 23.0 Å². The number of carboxylic acids is 1. The Morgan fingerprint density at radius 1 is 0.551 bits per heavy atom. The van der Waals surface area contributed by atoms with Crippen molar-refractivity contribution in [2.45, 2.75) is 125 Å². The molecule has 2 aliphatic rings. The molecule has 0 spiro atoms. The molecule has 5 aromatic rings. The zero-order valence-electron chi connectivity index (χ0n) is 54.7. The molecule has 5 aromatic carbocycles. The number of Topliss-reactive ketones (excluding diaryl/α,β-unsaturated/α-hetero) is 1. The van der Waals surface area contributed by atoms with Gasteiger partial charge in [0.2, 0.25) is 17.6 Å². The van der Waals surface area contributed by atoms with Gasteiger partial charge in [0.25, 0.3) is 17.7 Å². The standard InChI is InChI=1S/C67H80N5O21S2.2Na.H2O/c1-41(74)71-56-52(77)36-66(40-73,92-60(56)58(81)54(79)38-69-63(84)45-21-25-49(26-22-45)90-47-12-5-3-6-13-47)88-30-10-34-95-35-29-68-62(83)44-19-17-43(18-20-44)51(76)16-9-32-94-33-11-31-89-67(65(86)87)37-53(78)57(72-42(2)75)61(93-67)59(82)55(80)39-70-64(85)46-23-27-50(28-24-46)91-48-14-7-4-8-15-48;;;/h3-8,12-15,17-28,52-61,77-82H,9-11,16,29-39H2,1-2H3,(H,68,83)(H,69,84)(H,70,85)(H,71,74)(H,72,75)(H,86,87);;;1H2/q-1;2*+1;/p-2/t52-,53-,54+,55+,56+,57+,58+,59+,60+,61+,66+,67+;;;/m0.../s1. The molecule has 0 bridgehead atoms. The Labute approximate surface area is 619 Å². The molecule has 2 fully saturated rings. The first kappa shape index (κ1) is 84.5. The summed E-state index contributed by atoms with van der Waals surface area (Å²) in [5, 5.41) is 92.2. The number of thioether (sulfide) groups is 2. The van der Waals surface area contributed by atoms with Crippen molar-refractivity contribution in [3.05, 3.63) is 156 Å². The molecule has 0 aliphatic carbocycles. The number of benzene rings is 5. The van der Waals surface area contributed by atoms with Crippen LogP contribution in [-0.4, -0.2) is 212 Å². The maximum atomic E-state index is 13.0. The number of aliphatic hydroxyl groups is 6. The number of nitrogens with one attached hydrogen (secondary N) is 5. The average molecular weight is 1420 g/mol. The van der Waals surface area contributed by atoms with Gasteiger partial charge in [0, 0.05) is 87.4 Å². The molecule has 0 aromatic heterocycles. The number of amides is 5. The van der Waals surface area contributed by atoms with Crippen LogP contribution in [0.15, 0.2) is 133 Å². The fraction of sp³-hybridized carbons (Fsp3) is 0.433. The molecule has 2 heterocycles. The van der Waals surface area contributed by atoms with Crippen LogP contribution in [0.25, 0.3) is 0 Å². The maximum Gasteiger partial charge on any atom is 1.00 e. The first-order chi connectivity index (χ1) is 45.6. The number of carbonyl (C=O) groups excluding carboxylic acids is 8. The van der Waals surface area contributed by atoms with Crippen LogP contribution in [0.4, 0.5) is 0 Å². The Balaban J connectivity index is 0.00000680. The molecule has 0 unspecified atom stereocenters. The summed E-state index contributed by atoms with van der Waals surface area (Å²) < 4.78 is 34.7. The van der Waals surface area contributed by atoms with Gasteiger partial charge in [-0.25, -0.2) is 6.29 Å². The van der Waals surface area contributed by atoms with Crippen LogP contribution in [0, 0.1) is 0 Å². The van der Waals surface area contributed by atoms with Gasteiger partial charge in [0.15, 0.2) is 5.78 Å². The molecule has 98 heavy (non-hydrogen) atoms. The van der Waals surface area contributed by atoms with Crippen molar-refractivity contribution in [3.63, 3.8) is 0 Å². The molecule has 0 saturated carbocycles. The van der Waals surface area contributed by atoms with Gasteiger partial charge in [0.1, 0.15) is 53.4 Å². The fourth-order valence-electron chi connectivity index (χ4n) is 10.3. The summed E-state index contributed by atoms with van der Waals surface area (Å²) in [5.74, 6) is -5.44. The van der Waals surface area contributed by atoms with Crippen molar-refractivity contribution in [1.29, 1.82) is 0 Å². The monoisotopic (exact) mass is 1420 g/mol. The van der Waals surface area contributed by atoms with Gasteiger partial charge in [-0.2, -0.15) is 23.5 Å². The van der Waals surface area contributed by atoms with Gasteiger partial charge in [0.05, 0.1) is 48.9 Å². The van der Waals surface area contributed by atoms with Crippen molar-refractivity contribution >= 4 is 71.1 Å². The summed E-state index contributed by atoms with van der Waals surface area (Å²) in [7, 11) is 0. The van der Waals surface area contributed by atoms with E-state index in [1.807, 2.05) is 24.3 Å². The minimum absolute atomic E-state index is 0. The van der Waals surface area contributed by atoms with Crippen molar-refractivity contribution < 1.29 is 167 Å². The van der Waals surface area contributed by atoms with Crippen LogP contribution in [-0.2, 0) is 38.1 Å². The molecule has 5 amide bonds. The number of aliphatic carboxylic acids is 1. The quantitative estimate of drug-likeness (QED) is 0.00780. The van der Waals surface area contributed by atoms with Gasteiger partial charge in [-0.05, 0) is 121 Å². The third-order valence-corrected chi connectivity index (χ3v) is 17.4. The Bertz CT molecular complexity index is 3320. The van der Waals surface area contributed by atoms with Gasteiger partial charge >= 0.3 is 59.1 Å². The van der Waals surface area contributed by atoms with Crippen LogP contribution < -0.4 is 100 Å². The van der Waals surface area contributed by atoms with E-state index in [9.17, 15) is 74.1 Å². The third kappa shape index (κ3) is 25.6. The number of hydrogen-bond donors (Lipinski definition) is 11. The predicted molar refractivity (Wildman–Crippen MR) is 347 cm³/mol. The van der Waals surface area contributed by atoms with E-state index in [2.05, 4.69) is 26.6 Å². The second kappa shape index (κ2) is 42.4. The normalized spacial score (nSPS) is 21.4. The van der Waals surface area contributed by atoms with Crippen LogP contribution in [0.1, 0.15) is 93.8 Å². The number of carbonyl (C=O) groups is 7. The summed E-state index contributed by atoms with van der Waals surface area (Å²) in [6.45, 7) is 1.31. The molecule has 2 aliphatic heterocycles. The van der Waals surface area contributed by atoms with Crippen molar-refractivity contribution in [2.75, 3.05) is 55.9 Å². The first-order valence-electron chi connectivity index (χ1n) is 30.8. The van der Waals surface area contributed by atoms with Crippen molar-refractivity contribution in [2.24, 2.45) is 0 Å². The molecule has 12 atom stereocenters. The number of ether oxygens (including phenoxy) is 6. The molecular weight excluding hydrogens is 1340 g/mol. The minimum atomic E-state index is -2.60. The van der Waals surface area contributed by atoms with E-state index >= 15 is 0 Å². The molecule has 12 N–H and O–H groups in total. The Kier molecular flexibility index (Phi) is 36.6. The molecule has 7 rings (SSSR count). The Morgan fingerprint density at radius 3 is 1.41 bits per heavy atom. The summed E-state index contributed by atoms with van der Waals surface area (Å²) in [5.41, 5.74) is 1.17.